The summed E-state index contributed by atoms with van der Waals surface area (Å²) in [6.07, 6.45) is 1.75. The van der Waals surface area contributed by atoms with Gasteiger partial charge in [0.2, 0.25) is 5.89 Å². The van der Waals surface area contributed by atoms with Crippen LogP contribution in [0, 0.1) is 19.8 Å². The lowest BCUT2D eigenvalue weighted by Crippen LogP contribution is -2.50. The lowest BCUT2D eigenvalue weighted by molar-refractivity contribution is 0.0744. The summed E-state index contributed by atoms with van der Waals surface area (Å²) < 4.78 is 30.7. The fourth-order valence-corrected chi connectivity index (χ4v) is 4.23. The Kier molecular flexibility index (Phi) is 8.44. The molecule has 3 rings (SSSR count). The topological polar surface area (TPSA) is 68.9 Å². The van der Waals surface area contributed by atoms with Gasteiger partial charge in [0.05, 0.1) is 18.8 Å². The zero-order valence-electron chi connectivity index (χ0n) is 18.5. The van der Waals surface area contributed by atoms with Gasteiger partial charge >= 0.3 is 0 Å². The van der Waals surface area contributed by atoms with Crippen molar-refractivity contribution in [3.05, 3.63) is 17.3 Å². The molecule has 2 aliphatic rings. The number of nitrogens with one attached hydrogen (secondary N) is 2. The number of guanidine groups is 1. The number of hydrogen-bond donors (Lipinski definition) is 2. The van der Waals surface area contributed by atoms with Crippen molar-refractivity contribution in [3.8, 4) is 0 Å². The van der Waals surface area contributed by atoms with Crippen molar-refractivity contribution in [2.45, 2.75) is 58.5 Å². The van der Waals surface area contributed by atoms with E-state index in [1.165, 1.54) is 0 Å². The van der Waals surface area contributed by atoms with E-state index in [9.17, 15) is 8.78 Å². The van der Waals surface area contributed by atoms with Gasteiger partial charge in [-0.2, -0.15) is 0 Å². The highest BCUT2D eigenvalue weighted by molar-refractivity contribution is 5.79. The van der Waals surface area contributed by atoms with Gasteiger partial charge < -0.3 is 15.1 Å². The van der Waals surface area contributed by atoms with Gasteiger partial charge in [-0.05, 0) is 58.5 Å². The zero-order chi connectivity index (χ0) is 21.5. The maximum atomic E-state index is 12.5. The highest BCUT2D eigenvalue weighted by Gasteiger charge is 2.23. The fraction of sp³-hybridized carbons (Fsp3) is 0.810. The number of likely N-dealkylation sites (tertiary alicyclic amines) is 2. The van der Waals surface area contributed by atoms with Gasteiger partial charge in [-0.3, -0.25) is 14.8 Å². The second-order valence-electron chi connectivity index (χ2n) is 8.53. The summed E-state index contributed by atoms with van der Waals surface area (Å²) in [4.78, 5) is 13.1. The molecule has 0 unspecified atom stereocenters. The molecule has 2 fully saturated rings. The highest BCUT2D eigenvalue weighted by atomic mass is 19.3. The molecule has 9 heteroatoms. The summed E-state index contributed by atoms with van der Waals surface area (Å²) >= 11 is 0. The monoisotopic (exact) mass is 426 g/mol. The molecule has 1 aromatic rings. The van der Waals surface area contributed by atoms with Gasteiger partial charge in [0.25, 0.3) is 6.43 Å². The maximum absolute atomic E-state index is 12.5. The molecule has 0 bridgehead atoms. The number of aryl methyl sites for hydroxylation is 2. The van der Waals surface area contributed by atoms with E-state index >= 15 is 0 Å². The van der Waals surface area contributed by atoms with Gasteiger partial charge in [-0.1, -0.05) is 0 Å². The van der Waals surface area contributed by atoms with Crippen molar-refractivity contribution in [1.82, 2.24) is 25.4 Å². The Hall–Kier alpha value is -1.74. The minimum absolute atomic E-state index is 0.117. The summed E-state index contributed by atoms with van der Waals surface area (Å²) in [6.45, 7) is 9.00. The predicted molar refractivity (Wildman–Crippen MR) is 114 cm³/mol. The number of aromatic nitrogens is 1. The molecular weight excluding hydrogens is 390 g/mol. The van der Waals surface area contributed by atoms with Gasteiger partial charge in [-0.15, -0.1) is 0 Å². The molecule has 1 aromatic heterocycles. The summed E-state index contributed by atoms with van der Waals surface area (Å²) in [5.74, 6) is 3.14. The molecule has 30 heavy (non-hydrogen) atoms. The van der Waals surface area contributed by atoms with Crippen molar-refractivity contribution in [3.63, 3.8) is 0 Å². The maximum Gasteiger partial charge on any atom is 0.251 e. The molecule has 0 spiro atoms. The molecule has 0 radical (unpaired) electrons. The number of hydrogen-bond acceptors (Lipinski definition) is 5. The Bertz CT molecular complexity index is 660. The molecule has 2 saturated heterocycles. The van der Waals surface area contributed by atoms with Crippen LogP contribution in [0.15, 0.2) is 9.41 Å². The lowest BCUT2D eigenvalue weighted by atomic mass is 9.97. The van der Waals surface area contributed by atoms with Crippen molar-refractivity contribution in [2.24, 2.45) is 10.9 Å². The van der Waals surface area contributed by atoms with Gasteiger partial charge in [0.1, 0.15) is 5.76 Å². The normalized spacial score (nSPS) is 20.8. The standard InChI is InChI=1S/C21H36F2N6O/c1-15-16(2)30-20(26-15)14-29-8-4-17(5-9-29)12-25-21(24-3)27-18-6-10-28(11-7-18)13-19(22)23/h17-19H,4-14H2,1-3H3,(H2,24,25,27). The minimum atomic E-state index is -2.25. The van der Waals surface area contributed by atoms with Crippen LogP contribution in [-0.2, 0) is 6.54 Å². The second kappa shape index (κ2) is 11.0. The van der Waals surface area contributed by atoms with E-state index in [2.05, 4.69) is 25.5 Å². The second-order valence-corrected chi connectivity index (χ2v) is 8.53. The quantitative estimate of drug-likeness (QED) is 0.516. The average molecular weight is 427 g/mol. The molecule has 2 aliphatic heterocycles. The Morgan fingerprint density at radius 2 is 1.80 bits per heavy atom. The lowest BCUT2D eigenvalue weighted by Gasteiger charge is -2.34. The van der Waals surface area contributed by atoms with E-state index in [4.69, 9.17) is 4.42 Å². The van der Waals surface area contributed by atoms with Gasteiger partial charge in [0, 0.05) is 32.7 Å². The number of rotatable bonds is 7. The van der Waals surface area contributed by atoms with Gasteiger partial charge in [-0.25, -0.2) is 13.8 Å². The summed E-state index contributed by atoms with van der Waals surface area (Å²) in [7, 11) is 1.78. The van der Waals surface area contributed by atoms with Crippen molar-refractivity contribution in [2.75, 3.05) is 46.3 Å². The Labute approximate surface area is 178 Å². The van der Waals surface area contributed by atoms with Crippen LogP contribution >= 0.6 is 0 Å². The SMILES string of the molecule is CN=C(NCC1CCN(Cc2nc(C)c(C)o2)CC1)NC1CCN(CC(F)F)CC1. The number of halogens is 2. The van der Waals surface area contributed by atoms with E-state index in [-0.39, 0.29) is 6.54 Å². The third kappa shape index (κ3) is 6.91. The first-order chi connectivity index (χ1) is 14.4. The molecule has 7 nitrogen and oxygen atoms in total. The fourth-order valence-electron chi connectivity index (χ4n) is 4.23. The van der Waals surface area contributed by atoms with Crippen molar-refractivity contribution < 1.29 is 13.2 Å². The van der Waals surface area contributed by atoms with E-state index in [0.717, 1.165) is 75.2 Å². The van der Waals surface area contributed by atoms with E-state index in [1.54, 1.807) is 7.05 Å². The van der Waals surface area contributed by atoms with Crippen LogP contribution in [0.3, 0.4) is 0 Å². The van der Waals surface area contributed by atoms with E-state index in [1.807, 2.05) is 18.7 Å². The zero-order valence-corrected chi connectivity index (χ0v) is 18.5. The Morgan fingerprint density at radius 3 is 2.37 bits per heavy atom. The number of oxazole rings is 1. The van der Waals surface area contributed by atoms with Crippen LogP contribution in [0.25, 0.3) is 0 Å². The van der Waals surface area contributed by atoms with Crippen molar-refractivity contribution in [1.29, 1.82) is 0 Å². The van der Waals surface area contributed by atoms with Crippen LogP contribution in [0.5, 0.6) is 0 Å². The van der Waals surface area contributed by atoms with Crippen LogP contribution in [0.2, 0.25) is 0 Å². The number of nitrogens with zero attached hydrogens (tertiary/aromatic N) is 4. The number of aliphatic imine (C=N–C) groups is 1. The molecule has 0 amide bonds. The summed E-state index contributed by atoms with van der Waals surface area (Å²) in [5.41, 5.74) is 0.975. The first-order valence-electron chi connectivity index (χ1n) is 11.1. The van der Waals surface area contributed by atoms with Crippen LogP contribution in [0.4, 0.5) is 8.78 Å². The summed E-state index contributed by atoms with van der Waals surface area (Å²) in [5, 5.41) is 6.92. The Balaban J connectivity index is 1.33. The summed E-state index contributed by atoms with van der Waals surface area (Å²) in [6, 6.07) is 0.291. The van der Waals surface area contributed by atoms with Crippen molar-refractivity contribution >= 4 is 5.96 Å². The van der Waals surface area contributed by atoms with Gasteiger partial charge in [0.15, 0.2) is 5.96 Å². The largest absolute Gasteiger partial charge is 0.444 e. The van der Waals surface area contributed by atoms with E-state index in [0.29, 0.717) is 25.0 Å². The molecule has 2 N–H and O–H groups in total. The molecule has 0 aromatic carbocycles. The van der Waals surface area contributed by atoms with E-state index < -0.39 is 6.43 Å². The van der Waals surface area contributed by atoms with Crippen LogP contribution in [0.1, 0.15) is 43.0 Å². The molecular formula is C21H36F2N6O. The average Bonchev–Trinajstić information content (AvgIpc) is 3.04. The third-order valence-electron chi connectivity index (χ3n) is 6.25. The van der Waals surface area contributed by atoms with Crippen LogP contribution < -0.4 is 10.6 Å². The number of alkyl halides is 2. The van der Waals surface area contributed by atoms with Crippen LogP contribution in [-0.4, -0.2) is 79.5 Å². The smallest absolute Gasteiger partial charge is 0.251 e. The predicted octanol–water partition coefficient (Wildman–Crippen LogP) is 2.40. The third-order valence-corrected chi connectivity index (χ3v) is 6.25. The molecule has 0 aliphatic carbocycles. The minimum Gasteiger partial charge on any atom is -0.444 e. The number of piperidine rings is 2. The molecule has 3 heterocycles. The first-order valence-corrected chi connectivity index (χ1v) is 11.1. The first kappa shape index (κ1) is 22.9. The molecule has 170 valence electrons. The molecule has 0 atom stereocenters. The Morgan fingerprint density at radius 1 is 1.13 bits per heavy atom. The highest BCUT2D eigenvalue weighted by Crippen LogP contribution is 2.19. The molecule has 0 saturated carbocycles.